The minimum absolute atomic E-state index is 0.187. The highest BCUT2D eigenvalue weighted by Crippen LogP contribution is 2.33. The molecule has 0 spiro atoms. The van der Waals surface area contributed by atoms with Crippen LogP contribution in [-0.2, 0) is 6.54 Å². The van der Waals surface area contributed by atoms with E-state index < -0.39 is 0 Å². The van der Waals surface area contributed by atoms with Crippen LogP contribution in [0.4, 0.5) is 5.69 Å². The summed E-state index contributed by atoms with van der Waals surface area (Å²) in [6.07, 6.45) is 1.62. The number of ether oxygens (including phenoxy) is 1. The second-order valence-corrected chi connectivity index (χ2v) is 6.49. The van der Waals surface area contributed by atoms with Crippen molar-refractivity contribution in [3.8, 4) is 5.75 Å². The largest absolute Gasteiger partial charge is 0.495 e. The van der Waals surface area contributed by atoms with Crippen LogP contribution in [0.25, 0.3) is 10.8 Å². The van der Waals surface area contributed by atoms with Gasteiger partial charge in [-0.05, 0) is 32.5 Å². The number of nitrogens with one attached hydrogen (secondary N) is 1. The lowest BCUT2D eigenvalue weighted by Crippen LogP contribution is -2.20. The molecule has 1 amide bonds. The van der Waals surface area contributed by atoms with E-state index in [0.717, 1.165) is 29.6 Å². The monoisotopic (exact) mass is 352 g/mol. The van der Waals surface area contributed by atoms with Gasteiger partial charge in [-0.2, -0.15) is 5.10 Å². The molecule has 1 heterocycles. The average molecular weight is 352 g/mol. The van der Waals surface area contributed by atoms with Crippen molar-refractivity contribution in [2.24, 2.45) is 0 Å². The van der Waals surface area contributed by atoms with Crippen LogP contribution in [0.5, 0.6) is 5.75 Å². The molecule has 3 rings (SSSR count). The van der Waals surface area contributed by atoms with Gasteiger partial charge in [-0.1, -0.05) is 30.3 Å². The van der Waals surface area contributed by atoms with E-state index >= 15 is 0 Å². The van der Waals surface area contributed by atoms with Crippen LogP contribution in [0, 0.1) is 6.92 Å². The quantitative estimate of drug-likeness (QED) is 0.740. The van der Waals surface area contributed by atoms with Crippen LogP contribution in [0.1, 0.15) is 16.1 Å². The van der Waals surface area contributed by atoms with Crippen molar-refractivity contribution in [1.29, 1.82) is 0 Å². The number of likely N-dealkylation sites (N-methyl/N-ethyl adjacent to an activating group) is 1. The minimum Gasteiger partial charge on any atom is -0.495 e. The molecule has 0 saturated carbocycles. The van der Waals surface area contributed by atoms with Crippen LogP contribution in [0.2, 0.25) is 0 Å². The Labute approximate surface area is 153 Å². The first-order valence-corrected chi connectivity index (χ1v) is 8.55. The molecule has 6 heteroatoms. The van der Waals surface area contributed by atoms with Gasteiger partial charge in [0.2, 0.25) is 0 Å². The van der Waals surface area contributed by atoms with Gasteiger partial charge in [0.1, 0.15) is 5.75 Å². The summed E-state index contributed by atoms with van der Waals surface area (Å²) in [5.74, 6) is 0.447. The third-order valence-corrected chi connectivity index (χ3v) is 4.46. The standard InChI is InChI=1S/C20H24N4O2/c1-14-17(13-21-24(14)12-11-23(2)3)20(25)22-19-16-8-6-5-7-15(16)9-10-18(19)26-4/h5-10,13H,11-12H2,1-4H3,(H,22,25). The van der Waals surface area contributed by atoms with Crippen LogP contribution in [0.3, 0.4) is 0 Å². The van der Waals surface area contributed by atoms with E-state index in [0.29, 0.717) is 17.0 Å². The molecule has 0 unspecified atom stereocenters. The number of amides is 1. The Balaban J connectivity index is 1.90. The van der Waals surface area contributed by atoms with Gasteiger partial charge in [0.15, 0.2) is 0 Å². The lowest BCUT2D eigenvalue weighted by Gasteiger charge is -2.14. The van der Waals surface area contributed by atoms with Crippen molar-refractivity contribution in [2.75, 3.05) is 33.1 Å². The molecule has 6 nitrogen and oxygen atoms in total. The summed E-state index contributed by atoms with van der Waals surface area (Å²) >= 11 is 0. The van der Waals surface area contributed by atoms with E-state index in [9.17, 15) is 4.79 Å². The Morgan fingerprint density at radius 2 is 2.00 bits per heavy atom. The number of fused-ring (bicyclic) bond motifs is 1. The molecule has 0 aliphatic rings. The van der Waals surface area contributed by atoms with Gasteiger partial charge < -0.3 is 15.0 Å². The van der Waals surface area contributed by atoms with Crippen molar-refractivity contribution in [3.63, 3.8) is 0 Å². The second kappa shape index (κ2) is 7.58. The van der Waals surface area contributed by atoms with Gasteiger partial charge in [-0.25, -0.2) is 0 Å². The minimum atomic E-state index is -0.187. The molecule has 1 N–H and O–H groups in total. The van der Waals surface area contributed by atoms with E-state index in [-0.39, 0.29) is 5.91 Å². The number of aromatic nitrogens is 2. The first kappa shape index (κ1) is 17.9. The topological polar surface area (TPSA) is 59.4 Å². The number of hydrogen-bond donors (Lipinski definition) is 1. The fourth-order valence-electron chi connectivity index (χ4n) is 2.92. The molecule has 3 aromatic rings. The molecule has 1 aromatic heterocycles. The molecule has 0 aliphatic heterocycles. The normalized spacial score (nSPS) is 11.1. The van der Waals surface area contributed by atoms with Crippen LogP contribution >= 0.6 is 0 Å². The zero-order valence-electron chi connectivity index (χ0n) is 15.6. The summed E-state index contributed by atoms with van der Waals surface area (Å²) in [6, 6.07) is 11.7. The zero-order valence-corrected chi connectivity index (χ0v) is 15.6. The van der Waals surface area contributed by atoms with Crippen molar-refractivity contribution in [3.05, 3.63) is 53.9 Å². The molecule has 0 fully saturated rings. The van der Waals surface area contributed by atoms with E-state index in [4.69, 9.17) is 4.74 Å². The number of anilines is 1. The summed E-state index contributed by atoms with van der Waals surface area (Å²) in [5.41, 5.74) is 2.10. The first-order chi connectivity index (χ1) is 12.5. The maximum atomic E-state index is 12.9. The Hall–Kier alpha value is -2.86. The molecule has 0 radical (unpaired) electrons. The van der Waals surface area contributed by atoms with E-state index in [1.807, 2.05) is 62.1 Å². The third kappa shape index (κ3) is 3.55. The number of carbonyl (C=O) groups is 1. The molecule has 0 aliphatic carbocycles. The number of methoxy groups -OCH3 is 1. The zero-order chi connectivity index (χ0) is 18.7. The number of carbonyl (C=O) groups excluding carboxylic acids is 1. The summed E-state index contributed by atoms with van der Waals surface area (Å²) < 4.78 is 7.31. The van der Waals surface area contributed by atoms with Gasteiger partial charge in [-0.15, -0.1) is 0 Å². The number of benzene rings is 2. The van der Waals surface area contributed by atoms with Gasteiger partial charge in [0, 0.05) is 17.6 Å². The summed E-state index contributed by atoms with van der Waals surface area (Å²) in [7, 11) is 5.63. The van der Waals surface area contributed by atoms with Crippen molar-refractivity contribution >= 4 is 22.4 Å². The van der Waals surface area contributed by atoms with E-state index in [1.54, 1.807) is 13.3 Å². The molecular weight excluding hydrogens is 328 g/mol. The van der Waals surface area contributed by atoms with Crippen LogP contribution in [-0.4, -0.2) is 48.3 Å². The van der Waals surface area contributed by atoms with Gasteiger partial charge in [-0.3, -0.25) is 9.48 Å². The summed E-state index contributed by atoms with van der Waals surface area (Å²) in [5, 5.41) is 9.35. The highest BCUT2D eigenvalue weighted by atomic mass is 16.5. The smallest absolute Gasteiger partial charge is 0.259 e. The lowest BCUT2D eigenvalue weighted by molar-refractivity contribution is 0.102. The van der Waals surface area contributed by atoms with Gasteiger partial charge in [0.25, 0.3) is 5.91 Å². The van der Waals surface area contributed by atoms with Crippen molar-refractivity contribution in [1.82, 2.24) is 14.7 Å². The summed E-state index contributed by atoms with van der Waals surface area (Å²) in [4.78, 5) is 15.0. The van der Waals surface area contributed by atoms with Gasteiger partial charge >= 0.3 is 0 Å². The van der Waals surface area contributed by atoms with Crippen LogP contribution < -0.4 is 10.1 Å². The van der Waals surface area contributed by atoms with Crippen molar-refractivity contribution in [2.45, 2.75) is 13.5 Å². The Morgan fingerprint density at radius 1 is 1.23 bits per heavy atom. The average Bonchev–Trinajstić information content (AvgIpc) is 3.01. The van der Waals surface area contributed by atoms with Gasteiger partial charge in [0.05, 0.1) is 31.1 Å². The second-order valence-electron chi connectivity index (χ2n) is 6.49. The number of rotatable bonds is 6. The third-order valence-electron chi connectivity index (χ3n) is 4.46. The Morgan fingerprint density at radius 3 is 2.73 bits per heavy atom. The predicted octanol–water partition coefficient (Wildman–Crippen LogP) is 3.17. The van der Waals surface area contributed by atoms with E-state index in [1.165, 1.54) is 0 Å². The molecule has 26 heavy (non-hydrogen) atoms. The highest BCUT2D eigenvalue weighted by Gasteiger charge is 2.17. The Kier molecular flexibility index (Phi) is 5.23. The molecular formula is C20H24N4O2. The number of hydrogen-bond acceptors (Lipinski definition) is 4. The maximum Gasteiger partial charge on any atom is 0.259 e. The molecule has 0 saturated heterocycles. The summed E-state index contributed by atoms with van der Waals surface area (Å²) in [6.45, 7) is 3.52. The first-order valence-electron chi connectivity index (χ1n) is 8.55. The molecule has 0 atom stereocenters. The highest BCUT2D eigenvalue weighted by molar-refractivity contribution is 6.11. The fourth-order valence-corrected chi connectivity index (χ4v) is 2.92. The fraction of sp³-hybridized carbons (Fsp3) is 0.300. The van der Waals surface area contributed by atoms with Crippen LogP contribution in [0.15, 0.2) is 42.6 Å². The van der Waals surface area contributed by atoms with E-state index in [2.05, 4.69) is 15.3 Å². The predicted molar refractivity (Wildman–Crippen MR) is 104 cm³/mol. The molecule has 136 valence electrons. The SMILES string of the molecule is COc1ccc2ccccc2c1NC(=O)c1cnn(CCN(C)C)c1C. The Bertz CT molecular complexity index is 931. The molecule has 0 bridgehead atoms. The maximum absolute atomic E-state index is 12.9. The van der Waals surface area contributed by atoms with Crippen molar-refractivity contribution < 1.29 is 9.53 Å². The molecule has 2 aromatic carbocycles. The lowest BCUT2D eigenvalue weighted by atomic mass is 10.1. The number of nitrogens with zero attached hydrogens (tertiary/aromatic N) is 3.